The average Bonchev–Trinajstić information content (AvgIpc) is 2.28. The van der Waals surface area contributed by atoms with Gasteiger partial charge in [-0.2, -0.15) is 0 Å². The Morgan fingerprint density at radius 2 is 2.11 bits per heavy atom. The zero-order valence-corrected chi connectivity index (χ0v) is 11.1. The number of aromatic amines is 1. The summed E-state index contributed by atoms with van der Waals surface area (Å²) in [5, 5.41) is 9.47. The molecule has 0 saturated heterocycles. The zero-order valence-electron chi connectivity index (χ0n) is 10.2. The van der Waals surface area contributed by atoms with Crippen LogP contribution in [-0.2, 0) is 11.1 Å². The summed E-state index contributed by atoms with van der Waals surface area (Å²) >= 11 is 0. The quantitative estimate of drug-likeness (QED) is 0.529. The van der Waals surface area contributed by atoms with Crippen molar-refractivity contribution in [1.29, 1.82) is 0 Å². The maximum absolute atomic E-state index is 11.4. The molecule has 0 amide bonds. The largest absolute Gasteiger partial charge is 0.389 e. The third kappa shape index (κ3) is 5.35. The van der Waals surface area contributed by atoms with Crippen LogP contribution in [-0.4, -0.2) is 30.5 Å². The first kappa shape index (κ1) is 15.6. The van der Waals surface area contributed by atoms with Crippen LogP contribution < -0.4 is 11.2 Å². The van der Waals surface area contributed by atoms with Gasteiger partial charge in [-0.25, -0.2) is 4.79 Å². The Labute approximate surface area is 108 Å². The van der Waals surface area contributed by atoms with Crippen LogP contribution in [0.3, 0.4) is 0 Å². The lowest BCUT2D eigenvalue weighted by molar-refractivity contribution is 0.204. The molecule has 1 atom stereocenters. The molecule has 1 heterocycles. The molecule has 1 rings (SSSR count). The summed E-state index contributed by atoms with van der Waals surface area (Å²) in [5.41, 5.74) is -0.704. The topological polar surface area (TPSA) is 133 Å². The molecule has 8 nitrogen and oxygen atoms in total. The molecule has 0 aliphatic heterocycles. The Balaban J connectivity index is 2.70. The minimum atomic E-state index is -4.30. The van der Waals surface area contributed by atoms with Crippen molar-refractivity contribution < 1.29 is 19.5 Å². The number of aryl methyl sites for hydroxylation is 2. The van der Waals surface area contributed by atoms with Crippen molar-refractivity contribution in [3.63, 3.8) is 0 Å². The van der Waals surface area contributed by atoms with E-state index in [1.807, 2.05) is 0 Å². The van der Waals surface area contributed by atoms with Crippen LogP contribution in [0.15, 0.2) is 27.7 Å². The molecule has 0 aliphatic rings. The lowest BCUT2D eigenvalue weighted by Gasteiger charge is -2.08. The van der Waals surface area contributed by atoms with Crippen LogP contribution in [0.1, 0.15) is 12.0 Å². The first-order valence-electron chi connectivity index (χ1n) is 5.42. The highest BCUT2D eigenvalue weighted by Crippen LogP contribution is 2.36. The van der Waals surface area contributed by atoms with Crippen LogP contribution in [0.5, 0.6) is 0 Å². The van der Waals surface area contributed by atoms with Crippen molar-refractivity contribution in [3.05, 3.63) is 44.5 Å². The molecule has 106 valence electrons. The standard InChI is InChI=1S/C10H15N2O6P/c1-7-6-12(10(15)11-9(7)14)4-2-8(13)3-5-19(16,17)18/h3,5-6,8,13H,2,4H2,1H3,(H,11,14,15)(H2,16,17,18)/t8-/m1/s1. The van der Waals surface area contributed by atoms with Gasteiger partial charge in [0.05, 0.1) is 6.10 Å². The average molecular weight is 290 g/mol. The Morgan fingerprint density at radius 1 is 1.47 bits per heavy atom. The highest BCUT2D eigenvalue weighted by atomic mass is 31.2. The van der Waals surface area contributed by atoms with E-state index < -0.39 is 24.9 Å². The second kappa shape index (κ2) is 6.12. The summed E-state index contributed by atoms with van der Waals surface area (Å²) < 4.78 is 11.8. The summed E-state index contributed by atoms with van der Waals surface area (Å²) in [6, 6.07) is 0. The van der Waals surface area contributed by atoms with Gasteiger partial charge in [-0.05, 0) is 19.4 Å². The molecule has 0 radical (unpaired) electrons. The molecule has 1 aromatic rings. The molecule has 19 heavy (non-hydrogen) atoms. The van der Waals surface area contributed by atoms with Crippen LogP contribution >= 0.6 is 7.60 Å². The Bertz CT molecular complexity index is 626. The summed E-state index contributed by atoms with van der Waals surface area (Å²) in [5.74, 6) is 0.610. The number of rotatable bonds is 5. The maximum Gasteiger partial charge on any atom is 0.348 e. The molecule has 0 aliphatic carbocycles. The predicted molar refractivity (Wildman–Crippen MR) is 67.9 cm³/mol. The van der Waals surface area contributed by atoms with Gasteiger partial charge in [0.15, 0.2) is 0 Å². The molecule has 0 unspecified atom stereocenters. The normalized spacial score (nSPS) is 13.9. The van der Waals surface area contributed by atoms with Gasteiger partial charge in [0, 0.05) is 24.1 Å². The lowest BCUT2D eigenvalue weighted by Crippen LogP contribution is -2.31. The number of nitrogens with one attached hydrogen (secondary N) is 1. The molecule has 9 heteroatoms. The lowest BCUT2D eigenvalue weighted by atomic mass is 10.2. The molecular formula is C10H15N2O6P. The number of hydrogen-bond donors (Lipinski definition) is 4. The minimum Gasteiger partial charge on any atom is -0.389 e. The van der Waals surface area contributed by atoms with Gasteiger partial charge in [0.25, 0.3) is 5.56 Å². The van der Waals surface area contributed by atoms with Crippen LogP contribution in [0.4, 0.5) is 0 Å². The van der Waals surface area contributed by atoms with Crippen LogP contribution in [0.25, 0.3) is 0 Å². The summed E-state index contributed by atoms with van der Waals surface area (Å²) in [6.07, 6.45) is 1.33. The number of aliphatic hydroxyl groups excluding tert-OH is 1. The third-order valence-electron chi connectivity index (χ3n) is 2.36. The molecule has 4 N–H and O–H groups in total. The first-order chi connectivity index (χ1) is 8.69. The van der Waals surface area contributed by atoms with Crippen molar-refractivity contribution in [3.8, 4) is 0 Å². The van der Waals surface area contributed by atoms with Gasteiger partial charge in [0.1, 0.15) is 0 Å². The van der Waals surface area contributed by atoms with E-state index in [0.717, 1.165) is 6.08 Å². The molecule has 0 fully saturated rings. The van der Waals surface area contributed by atoms with Crippen molar-refractivity contribution in [2.75, 3.05) is 0 Å². The summed E-state index contributed by atoms with van der Waals surface area (Å²) in [4.78, 5) is 41.8. The highest BCUT2D eigenvalue weighted by Gasteiger charge is 2.09. The van der Waals surface area contributed by atoms with E-state index in [-0.39, 0.29) is 13.0 Å². The van der Waals surface area contributed by atoms with Gasteiger partial charge < -0.3 is 19.5 Å². The number of aliphatic hydroxyl groups is 1. The van der Waals surface area contributed by atoms with Gasteiger partial charge in [-0.1, -0.05) is 0 Å². The number of aromatic nitrogens is 2. The van der Waals surface area contributed by atoms with Crippen molar-refractivity contribution in [2.45, 2.75) is 26.0 Å². The second-order valence-electron chi connectivity index (χ2n) is 4.05. The molecule has 0 aromatic carbocycles. The molecule has 0 bridgehead atoms. The van der Waals surface area contributed by atoms with E-state index in [1.54, 1.807) is 6.92 Å². The Morgan fingerprint density at radius 3 is 2.68 bits per heavy atom. The number of H-pyrrole nitrogens is 1. The fourth-order valence-corrected chi connectivity index (χ4v) is 1.79. The van der Waals surface area contributed by atoms with Crippen molar-refractivity contribution in [1.82, 2.24) is 9.55 Å². The van der Waals surface area contributed by atoms with Crippen LogP contribution in [0, 0.1) is 6.92 Å². The van der Waals surface area contributed by atoms with Gasteiger partial charge in [-0.15, -0.1) is 0 Å². The third-order valence-corrected chi connectivity index (χ3v) is 2.92. The van der Waals surface area contributed by atoms with Gasteiger partial charge in [-0.3, -0.25) is 14.3 Å². The van der Waals surface area contributed by atoms with E-state index in [1.165, 1.54) is 10.8 Å². The van der Waals surface area contributed by atoms with Crippen LogP contribution in [0.2, 0.25) is 0 Å². The number of nitrogens with zero attached hydrogens (tertiary/aromatic N) is 1. The molecule has 0 saturated carbocycles. The molecule has 1 aromatic heterocycles. The zero-order chi connectivity index (χ0) is 14.6. The summed E-state index contributed by atoms with van der Waals surface area (Å²) in [6.45, 7) is 1.65. The van der Waals surface area contributed by atoms with Gasteiger partial charge >= 0.3 is 13.3 Å². The van der Waals surface area contributed by atoms with E-state index in [9.17, 15) is 19.3 Å². The number of hydrogen-bond acceptors (Lipinski definition) is 4. The second-order valence-corrected chi connectivity index (χ2v) is 5.53. The van der Waals surface area contributed by atoms with Crippen molar-refractivity contribution in [2.24, 2.45) is 0 Å². The van der Waals surface area contributed by atoms with E-state index in [4.69, 9.17) is 9.79 Å². The maximum atomic E-state index is 11.4. The SMILES string of the molecule is Cc1cn(CC[C@@H](O)C=CP(=O)(O)O)c(=O)[nH]c1=O. The fraction of sp³-hybridized carbons (Fsp3) is 0.400. The molecule has 0 spiro atoms. The highest BCUT2D eigenvalue weighted by molar-refractivity contribution is 7.55. The van der Waals surface area contributed by atoms with Crippen molar-refractivity contribution >= 4 is 7.60 Å². The van der Waals surface area contributed by atoms with E-state index in [0.29, 0.717) is 11.4 Å². The monoisotopic (exact) mass is 290 g/mol. The predicted octanol–water partition coefficient (Wildman–Crippen LogP) is -0.713. The smallest absolute Gasteiger partial charge is 0.348 e. The Kier molecular flexibility index (Phi) is 5.02. The Hall–Kier alpha value is -1.47. The summed E-state index contributed by atoms with van der Waals surface area (Å²) in [7, 11) is -4.30. The van der Waals surface area contributed by atoms with Gasteiger partial charge in [0.2, 0.25) is 0 Å². The van der Waals surface area contributed by atoms with E-state index >= 15 is 0 Å². The van der Waals surface area contributed by atoms with E-state index in [2.05, 4.69) is 4.98 Å². The molecular weight excluding hydrogens is 275 g/mol. The first-order valence-corrected chi connectivity index (χ1v) is 7.10. The fourth-order valence-electron chi connectivity index (χ4n) is 1.36. The minimum absolute atomic E-state index is 0.0852.